The number of hydrogen-bond donors (Lipinski definition) is 2. The smallest absolute Gasteiger partial charge is 0.407 e. The predicted octanol–water partition coefficient (Wildman–Crippen LogP) is 9.71. The first-order valence-corrected chi connectivity index (χ1v) is 14.9. The summed E-state index contributed by atoms with van der Waals surface area (Å²) in [6, 6.07) is 0. The Morgan fingerprint density at radius 1 is 0.775 bits per heavy atom. The van der Waals surface area contributed by atoms with Gasteiger partial charge in [-0.1, -0.05) is 106 Å². The van der Waals surface area contributed by atoms with Gasteiger partial charge in [-0.25, -0.2) is 4.79 Å². The van der Waals surface area contributed by atoms with E-state index in [1.807, 2.05) is 60.6 Å². The van der Waals surface area contributed by atoms with E-state index >= 15 is 0 Å². The first-order valence-electron chi connectivity index (χ1n) is 14.9. The van der Waals surface area contributed by atoms with Crippen molar-refractivity contribution in [2.75, 3.05) is 13.1 Å². The van der Waals surface area contributed by atoms with Crippen LogP contribution in [0.1, 0.15) is 107 Å². The SMILES string of the molecule is C=C(C)/C=C/C.CC.CC/C=C\C/C=C\C/C=C\C/C=C\C/C=C\CCCC(=O)NCCNC(=O)OC(C)(C)C. The Balaban J connectivity index is -0.00000150. The molecule has 0 rings (SSSR count). The van der Waals surface area contributed by atoms with Crippen molar-refractivity contribution in [1.29, 1.82) is 0 Å². The molecule has 0 aromatic rings. The van der Waals surface area contributed by atoms with Gasteiger partial charge in [0, 0.05) is 19.5 Å². The number of nitrogens with one attached hydrogen (secondary N) is 2. The summed E-state index contributed by atoms with van der Waals surface area (Å²) in [5, 5.41) is 5.42. The Hall–Kier alpha value is -3.08. The van der Waals surface area contributed by atoms with Crippen LogP contribution in [0.15, 0.2) is 85.1 Å². The van der Waals surface area contributed by atoms with Crippen LogP contribution in [0.25, 0.3) is 0 Å². The second kappa shape index (κ2) is 32.1. The van der Waals surface area contributed by atoms with E-state index in [9.17, 15) is 9.59 Å². The molecule has 0 fully saturated rings. The molecular formula is C35H60N2O3. The number of alkyl carbamates (subject to hydrolysis) is 1. The highest BCUT2D eigenvalue weighted by atomic mass is 16.6. The molecule has 0 aromatic carbocycles. The topological polar surface area (TPSA) is 67.4 Å². The maximum absolute atomic E-state index is 11.8. The Kier molecular flexibility index (Phi) is 33.3. The van der Waals surface area contributed by atoms with Crippen molar-refractivity contribution in [3.63, 3.8) is 0 Å². The summed E-state index contributed by atoms with van der Waals surface area (Å²) in [6.45, 7) is 19.9. The molecule has 228 valence electrons. The van der Waals surface area contributed by atoms with Crippen molar-refractivity contribution in [3.05, 3.63) is 85.1 Å². The van der Waals surface area contributed by atoms with Gasteiger partial charge in [0.25, 0.3) is 0 Å². The van der Waals surface area contributed by atoms with Crippen LogP contribution in [0.5, 0.6) is 0 Å². The Bertz CT molecular complexity index is 794. The van der Waals surface area contributed by atoms with E-state index in [2.05, 4.69) is 84.9 Å². The lowest BCUT2D eigenvalue weighted by molar-refractivity contribution is -0.121. The molecule has 0 saturated heterocycles. The van der Waals surface area contributed by atoms with E-state index in [1.165, 1.54) is 0 Å². The summed E-state index contributed by atoms with van der Waals surface area (Å²) in [7, 11) is 0. The van der Waals surface area contributed by atoms with Gasteiger partial charge in [0.2, 0.25) is 5.91 Å². The molecule has 40 heavy (non-hydrogen) atoms. The molecule has 0 radical (unpaired) electrons. The molecule has 0 spiro atoms. The number of rotatable bonds is 17. The van der Waals surface area contributed by atoms with Gasteiger partial charge in [-0.15, -0.1) is 0 Å². The van der Waals surface area contributed by atoms with Crippen LogP contribution < -0.4 is 10.6 Å². The second-order valence-electron chi connectivity index (χ2n) is 9.73. The Morgan fingerprint density at radius 2 is 1.23 bits per heavy atom. The van der Waals surface area contributed by atoms with Gasteiger partial charge in [-0.3, -0.25) is 4.79 Å². The number of amides is 2. The molecule has 0 aromatic heterocycles. The first-order chi connectivity index (χ1) is 19.1. The fraction of sp³-hybridized carbons (Fsp3) is 0.543. The number of unbranched alkanes of at least 4 members (excludes halogenated alkanes) is 1. The maximum atomic E-state index is 11.8. The third-order valence-electron chi connectivity index (χ3n) is 4.50. The van der Waals surface area contributed by atoms with E-state index in [0.717, 1.165) is 50.5 Å². The molecule has 0 atom stereocenters. The minimum Gasteiger partial charge on any atom is -0.444 e. The van der Waals surface area contributed by atoms with Crippen LogP contribution >= 0.6 is 0 Å². The van der Waals surface area contributed by atoms with Crippen LogP contribution in [0.3, 0.4) is 0 Å². The van der Waals surface area contributed by atoms with E-state index in [4.69, 9.17) is 4.74 Å². The van der Waals surface area contributed by atoms with Gasteiger partial charge < -0.3 is 15.4 Å². The minimum atomic E-state index is -0.517. The van der Waals surface area contributed by atoms with Gasteiger partial charge in [0.1, 0.15) is 5.60 Å². The summed E-state index contributed by atoms with van der Waals surface area (Å²) in [5.41, 5.74) is 0.592. The molecule has 5 heteroatoms. The van der Waals surface area contributed by atoms with E-state index in [1.54, 1.807) is 0 Å². The lowest BCUT2D eigenvalue weighted by Gasteiger charge is -2.19. The lowest BCUT2D eigenvalue weighted by atomic mass is 10.2. The zero-order valence-electron chi connectivity index (χ0n) is 26.9. The van der Waals surface area contributed by atoms with E-state index in [-0.39, 0.29) is 5.91 Å². The molecule has 5 nitrogen and oxygen atoms in total. The third kappa shape index (κ3) is 42.0. The number of carbonyl (C=O) groups excluding carboxylic acids is 2. The largest absolute Gasteiger partial charge is 0.444 e. The molecule has 0 bridgehead atoms. The summed E-state index contributed by atoms with van der Waals surface area (Å²) >= 11 is 0. The summed E-state index contributed by atoms with van der Waals surface area (Å²) in [6.07, 6.45) is 32.4. The van der Waals surface area contributed by atoms with Gasteiger partial charge in [-0.2, -0.15) is 0 Å². The van der Waals surface area contributed by atoms with Gasteiger partial charge in [0.05, 0.1) is 0 Å². The van der Waals surface area contributed by atoms with E-state index < -0.39 is 11.7 Å². The predicted molar refractivity (Wildman–Crippen MR) is 177 cm³/mol. The highest BCUT2D eigenvalue weighted by Crippen LogP contribution is 2.06. The van der Waals surface area contributed by atoms with Crippen molar-refractivity contribution in [2.45, 2.75) is 112 Å². The quantitative estimate of drug-likeness (QED) is 0.106. The highest BCUT2D eigenvalue weighted by molar-refractivity contribution is 5.75. The summed E-state index contributed by atoms with van der Waals surface area (Å²) in [4.78, 5) is 23.3. The first kappa shape index (κ1) is 41.4. The summed E-state index contributed by atoms with van der Waals surface area (Å²) in [5.74, 6) is 0.00309. The van der Waals surface area contributed by atoms with Crippen molar-refractivity contribution < 1.29 is 14.3 Å². The molecular weight excluding hydrogens is 496 g/mol. The number of ether oxygens (including phenoxy) is 1. The Morgan fingerprint density at radius 3 is 1.62 bits per heavy atom. The average Bonchev–Trinajstić information content (AvgIpc) is 2.89. The standard InChI is InChI=1S/C27H44N2O3.C6H10.C2H6/c1-5-6-7-8-9-10-11-12-13-14-15-16-17-18-19-20-21-22-25(30)28-23-24-29-26(31)32-27(2,3)4;1-4-5-6(2)3;1-2/h6-7,9-10,12-13,15-16,18-19H,5,8,11,14,17,20-24H2,1-4H3,(H,28,30)(H,29,31);4-5H,2H2,1,3H3;1-2H3/b7-6-,10-9-,13-12-,16-15-,19-18-;5-4+;. The van der Waals surface area contributed by atoms with Crippen LogP contribution in [0.4, 0.5) is 4.79 Å². The van der Waals surface area contributed by atoms with Crippen molar-refractivity contribution in [1.82, 2.24) is 10.6 Å². The molecule has 0 heterocycles. The van der Waals surface area contributed by atoms with Gasteiger partial charge in [0.15, 0.2) is 0 Å². The molecule has 2 N–H and O–H groups in total. The number of hydrogen-bond acceptors (Lipinski definition) is 3. The molecule has 0 aliphatic carbocycles. The van der Waals surface area contributed by atoms with Crippen LogP contribution in [-0.2, 0) is 9.53 Å². The third-order valence-corrected chi connectivity index (χ3v) is 4.50. The lowest BCUT2D eigenvalue weighted by Crippen LogP contribution is -2.37. The average molecular weight is 557 g/mol. The van der Waals surface area contributed by atoms with Crippen molar-refractivity contribution in [2.24, 2.45) is 0 Å². The van der Waals surface area contributed by atoms with Crippen molar-refractivity contribution >= 4 is 12.0 Å². The molecule has 2 amide bonds. The Labute approximate surface area is 247 Å². The van der Waals surface area contributed by atoms with Crippen LogP contribution in [0.2, 0.25) is 0 Å². The maximum Gasteiger partial charge on any atom is 0.407 e. The highest BCUT2D eigenvalue weighted by Gasteiger charge is 2.15. The van der Waals surface area contributed by atoms with Gasteiger partial charge >= 0.3 is 6.09 Å². The van der Waals surface area contributed by atoms with Crippen molar-refractivity contribution in [3.8, 4) is 0 Å². The fourth-order valence-corrected chi connectivity index (χ4v) is 2.80. The van der Waals surface area contributed by atoms with E-state index in [0.29, 0.717) is 19.5 Å². The zero-order chi connectivity index (χ0) is 30.9. The normalized spacial score (nSPS) is 11.7. The molecule has 0 saturated carbocycles. The molecule has 0 aliphatic heterocycles. The minimum absolute atomic E-state index is 0.00309. The number of allylic oxidation sites excluding steroid dienone is 13. The fourth-order valence-electron chi connectivity index (χ4n) is 2.80. The van der Waals surface area contributed by atoms with Crippen LogP contribution in [0, 0.1) is 0 Å². The number of carbonyl (C=O) groups is 2. The molecule has 0 unspecified atom stereocenters. The molecule has 0 aliphatic rings. The second-order valence-corrected chi connectivity index (χ2v) is 9.73. The van der Waals surface area contributed by atoms with Gasteiger partial charge in [-0.05, 0) is 79.6 Å². The summed E-state index contributed by atoms with van der Waals surface area (Å²) < 4.78 is 5.13. The zero-order valence-corrected chi connectivity index (χ0v) is 26.9. The monoisotopic (exact) mass is 556 g/mol. The van der Waals surface area contributed by atoms with Crippen LogP contribution in [-0.4, -0.2) is 30.7 Å².